The van der Waals surface area contributed by atoms with Crippen molar-refractivity contribution in [2.24, 2.45) is 5.73 Å². The van der Waals surface area contributed by atoms with Crippen LogP contribution < -0.4 is 5.73 Å². The second-order valence-corrected chi connectivity index (χ2v) is 4.89. The Bertz CT molecular complexity index is 141. The van der Waals surface area contributed by atoms with Crippen LogP contribution in [0, 0.1) is 0 Å². The molecule has 2 N–H and O–H groups in total. The van der Waals surface area contributed by atoms with Crippen molar-refractivity contribution < 1.29 is 0 Å². The lowest BCUT2D eigenvalue weighted by Crippen LogP contribution is -2.49. The van der Waals surface area contributed by atoms with E-state index in [1.54, 1.807) is 0 Å². The highest BCUT2D eigenvalue weighted by Crippen LogP contribution is 2.16. The van der Waals surface area contributed by atoms with Crippen molar-refractivity contribution in [2.75, 3.05) is 20.1 Å². The number of hydrogen-bond acceptors (Lipinski definition) is 2. The summed E-state index contributed by atoms with van der Waals surface area (Å²) < 4.78 is 0. The zero-order valence-corrected chi connectivity index (χ0v) is 11.2. The van der Waals surface area contributed by atoms with Crippen molar-refractivity contribution in [1.29, 1.82) is 0 Å². The zero-order valence-electron chi connectivity index (χ0n) is 11.2. The molecule has 0 radical (unpaired) electrons. The molecule has 0 amide bonds. The number of nitrogens with two attached hydrogens (primary N) is 1. The minimum absolute atomic E-state index is 0.199. The van der Waals surface area contributed by atoms with Gasteiger partial charge >= 0.3 is 0 Å². The molecule has 92 valence electrons. The highest BCUT2D eigenvalue weighted by Gasteiger charge is 2.24. The lowest BCUT2D eigenvalue weighted by atomic mass is 9.96. The molecule has 0 heterocycles. The molecule has 0 aliphatic carbocycles. The Labute approximate surface area is 96.2 Å². The molecule has 0 bridgehead atoms. The molecule has 0 fully saturated rings. The molecule has 1 atom stereocenters. The highest BCUT2D eigenvalue weighted by molar-refractivity contribution is 4.83. The summed E-state index contributed by atoms with van der Waals surface area (Å²) in [6.45, 7) is 8.69. The summed E-state index contributed by atoms with van der Waals surface area (Å²) in [7, 11) is 2.20. The lowest BCUT2D eigenvalue weighted by molar-refractivity contribution is 0.137. The lowest BCUT2D eigenvalue weighted by Gasteiger charge is -2.37. The SMILES string of the molecule is CCCCCCCN(C)C(C)(CC)CN. The average molecular weight is 214 g/mol. The van der Waals surface area contributed by atoms with E-state index in [9.17, 15) is 0 Å². The van der Waals surface area contributed by atoms with Crippen LogP contribution in [0.15, 0.2) is 0 Å². The Balaban J connectivity index is 3.67. The Kier molecular flexibility index (Phi) is 8.07. The van der Waals surface area contributed by atoms with E-state index in [0.717, 1.165) is 13.0 Å². The van der Waals surface area contributed by atoms with Crippen LogP contribution in [0.5, 0.6) is 0 Å². The van der Waals surface area contributed by atoms with Crippen molar-refractivity contribution in [1.82, 2.24) is 4.90 Å². The second kappa shape index (κ2) is 8.12. The van der Waals surface area contributed by atoms with Gasteiger partial charge in [-0.25, -0.2) is 0 Å². The van der Waals surface area contributed by atoms with Crippen molar-refractivity contribution in [2.45, 2.75) is 64.8 Å². The Morgan fingerprint density at radius 1 is 1.07 bits per heavy atom. The first-order chi connectivity index (χ1) is 7.10. The van der Waals surface area contributed by atoms with Gasteiger partial charge in [-0.1, -0.05) is 39.5 Å². The third kappa shape index (κ3) is 5.53. The highest BCUT2D eigenvalue weighted by atomic mass is 15.2. The average Bonchev–Trinajstić information content (AvgIpc) is 2.27. The van der Waals surface area contributed by atoms with E-state index in [-0.39, 0.29) is 5.54 Å². The van der Waals surface area contributed by atoms with Crippen LogP contribution in [-0.2, 0) is 0 Å². The molecule has 0 aliphatic rings. The van der Waals surface area contributed by atoms with Crippen LogP contribution in [-0.4, -0.2) is 30.6 Å². The number of rotatable bonds is 9. The van der Waals surface area contributed by atoms with Gasteiger partial charge in [-0.2, -0.15) is 0 Å². The van der Waals surface area contributed by atoms with Crippen LogP contribution >= 0.6 is 0 Å². The fourth-order valence-electron chi connectivity index (χ4n) is 1.79. The predicted octanol–water partition coefficient (Wildman–Crippen LogP) is 3.02. The molecule has 0 rings (SSSR count). The summed E-state index contributed by atoms with van der Waals surface area (Å²) >= 11 is 0. The Morgan fingerprint density at radius 2 is 1.67 bits per heavy atom. The van der Waals surface area contributed by atoms with E-state index in [1.807, 2.05) is 0 Å². The Morgan fingerprint density at radius 3 is 2.13 bits per heavy atom. The molecule has 0 spiro atoms. The van der Waals surface area contributed by atoms with Gasteiger partial charge in [0.05, 0.1) is 0 Å². The first-order valence-corrected chi connectivity index (χ1v) is 6.52. The first kappa shape index (κ1) is 14.9. The van der Waals surface area contributed by atoms with E-state index in [4.69, 9.17) is 5.73 Å². The summed E-state index contributed by atoms with van der Waals surface area (Å²) in [5.74, 6) is 0. The maximum absolute atomic E-state index is 5.83. The minimum atomic E-state index is 0.199. The molecule has 2 heteroatoms. The van der Waals surface area contributed by atoms with Gasteiger partial charge in [0.15, 0.2) is 0 Å². The topological polar surface area (TPSA) is 29.3 Å². The smallest absolute Gasteiger partial charge is 0.0297 e. The fraction of sp³-hybridized carbons (Fsp3) is 1.00. The van der Waals surface area contributed by atoms with Gasteiger partial charge in [-0.15, -0.1) is 0 Å². The largest absolute Gasteiger partial charge is 0.329 e. The predicted molar refractivity (Wildman–Crippen MR) is 69.1 cm³/mol. The standard InChI is InChI=1S/C13H30N2/c1-5-7-8-9-10-11-15(4)13(3,6-2)12-14/h5-12,14H2,1-4H3. The number of unbranched alkanes of at least 4 members (excludes halogenated alkanes) is 4. The molecular formula is C13H30N2. The summed E-state index contributed by atoms with van der Waals surface area (Å²) in [6.07, 6.45) is 7.90. The van der Waals surface area contributed by atoms with E-state index < -0.39 is 0 Å². The van der Waals surface area contributed by atoms with Crippen LogP contribution in [0.3, 0.4) is 0 Å². The van der Waals surface area contributed by atoms with Crippen molar-refractivity contribution in [3.63, 3.8) is 0 Å². The molecule has 0 aromatic heterocycles. The van der Waals surface area contributed by atoms with Gasteiger partial charge < -0.3 is 5.73 Å². The van der Waals surface area contributed by atoms with E-state index in [2.05, 4.69) is 32.7 Å². The van der Waals surface area contributed by atoms with Crippen molar-refractivity contribution in [3.8, 4) is 0 Å². The first-order valence-electron chi connectivity index (χ1n) is 6.52. The van der Waals surface area contributed by atoms with Gasteiger partial charge in [0.25, 0.3) is 0 Å². The molecule has 1 unspecified atom stereocenters. The molecule has 0 saturated heterocycles. The molecule has 15 heavy (non-hydrogen) atoms. The maximum atomic E-state index is 5.83. The number of hydrogen-bond donors (Lipinski definition) is 1. The summed E-state index contributed by atoms with van der Waals surface area (Å²) in [5, 5.41) is 0. The van der Waals surface area contributed by atoms with Gasteiger partial charge in [0, 0.05) is 12.1 Å². The van der Waals surface area contributed by atoms with Crippen LogP contribution in [0.1, 0.15) is 59.3 Å². The summed E-state index contributed by atoms with van der Waals surface area (Å²) in [6, 6.07) is 0. The molecular weight excluding hydrogens is 184 g/mol. The summed E-state index contributed by atoms with van der Waals surface area (Å²) in [4.78, 5) is 2.43. The maximum Gasteiger partial charge on any atom is 0.0297 e. The van der Waals surface area contributed by atoms with Gasteiger partial charge in [-0.3, -0.25) is 4.90 Å². The van der Waals surface area contributed by atoms with Gasteiger partial charge in [0.1, 0.15) is 0 Å². The molecule has 0 aliphatic heterocycles. The Hall–Kier alpha value is -0.0800. The van der Waals surface area contributed by atoms with E-state index >= 15 is 0 Å². The van der Waals surface area contributed by atoms with Gasteiger partial charge in [0.2, 0.25) is 0 Å². The minimum Gasteiger partial charge on any atom is -0.329 e. The normalized spacial score (nSPS) is 15.6. The van der Waals surface area contributed by atoms with Crippen molar-refractivity contribution >= 4 is 0 Å². The zero-order chi connectivity index (χ0) is 11.7. The van der Waals surface area contributed by atoms with Crippen molar-refractivity contribution in [3.05, 3.63) is 0 Å². The monoisotopic (exact) mass is 214 g/mol. The second-order valence-electron chi connectivity index (χ2n) is 4.89. The quantitative estimate of drug-likeness (QED) is 0.598. The molecule has 0 saturated carbocycles. The molecule has 0 aromatic carbocycles. The fourth-order valence-corrected chi connectivity index (χ4v) is 1.79. The van der Waals surface area contributed by atoms with Crippen LogP contribution in [0.2, 0.25) is 0 Å². The van der Waals surface area contributed by atoms with Crippen LogP contribution in [0.25, 0.3) is 0 Å². The summed E-state index contributed by atoms with van der Waals surface area (Å²) in [5.41, 5.74) is 6.03. The number of likely N-dealkylation sites (N-methyl/N-ethyl adjacent to an activating group) is 1. The molecule has 0 aromatic rings. The number of nitrogens with zero attached hydrogens (tertiary/aromatic N) is 1. The van der Waals surface area contributed by atoms with Crippen LogP contribution in [0.4, 0.5) is 0 Å². The van der Waals surface area contributed by atoms with E-state index in [0.29, 0.717) is 0 Å². The third-order valence-electron chi connectivity index (χ3n) is 3.72. The molecule has 2 nitrogen and oxygen atoms in total. The van der Waals surface area contributed by atoms with Gasteiger partial charge in [-0.05, 0) is 33.4 Å². The van der Waals surface area contributed by atoms with E-state index in [1.165, 1.54) is 38.6 Å². The third-order valence-corrected chi connectivity index (χ3v) is 3.72.